The van der Waals surface area contributed by atoms with Crippen LogP contribution in [0.2, 0.25) is 0 Å². The first-order valence-electron chi connectivity index (χ1n) is 8.98. The predicted octanol–water partition coefficient (Wildman–Crippen LogP) is 1.40. The van der Waals surface area contributed by atoms with Gasteiger partial charge in [-0.1, -0.05) is 11.3 Å². The second-order valence-electron chi connectivity index (χ2n) is 6.63. The molecule has 1 aliphatic heterocycles. The second-order valence-corrected chi connectivity index (χ2v) is 6.63. The fraction of sp³-hybridized carbons (Fsp3) is 0.316. The van der Waals surface area contributed by atoms with Crippen molar-refractivity contribution < 1.29 is 14.3 Å². The Hall–Kier alpha value is -3.33. The van der Waals surface area contributed by atoms with Crippen molar-refractivity contribution in [1.29, 1.82) is 0 Å². The normalized spacial score (nSPS) is 14.3. The van der Waals surface area contributed by atoms with Gasteiger partial charge >= 0.3 is 0 Å². The Morgan fingerprint density at radius 1 is 1.14 bits per heavy atom. The molecule has 4 rings (SSSR count). The van der Waals surface area contributed by atoms with E-state index in [1.807, 2.05) is 13.0 Å². The molecule has 0 bridgehead atoms. The molecule has 1 aliphatic rings. The number of rotatable bonds is 3. The molecular weight excluding hydrogens is 360 g/mol. The van der Waals surface area contributed by atoms with Crippen LogP contribution in [0.1, 0.15) is 26.3 Å². The average molecular weight is 380 g/mol. The molecule has 1 aromatic carbocycles. The lowest BCUT2D eigenvalue weighted by molar-refractivity contribution is 0.0302. The number of aryl methyl sites for hydroxylation is 2. The molecule has 0 aliphatic carbocycles. The van der Waals surface area contributed by atoms with E-state index in [0.717, 1.165) is 5.56 Å². The van der Waals surface area contributed by atoms with Crippen LogP contribution >= 0.6 is 0 Å². The zero-order valence-corrected chi connectivity index (χ0v) is 15.7. The maximum absolute atomic E-state index is 12.8. The fourth-order valence-corrected chi connectivity index (χ4v) is 3.18. The lowest BCUT2D eigenvalue weighted by Gasteiger charge is -2.27. The molecule has 0 saturated carbocycles. The standard InChI is InChI=1S/C19H20N6O3/c1-12-3-4-13(11-15(12)19(27)25-7-9-28-10-8-25)21-18(26)14-5-6-20-17-16(14)22-23-24(17)2/h3-6,11H,7-10H2,1-2H3,(H,21,26). The monoisotopic (exact) mass is 380 g/mol. The van der Waals surface area contributed by atoms with Gasteiger partial charge in [0.15, 0.2) is 5.65 Å². The summed E-state index contributed by atoms with van der Waals surface area (Å²) in [5.74, 6) is -0.390. The summed E-state index contributed by atoms with van der Waals surface area (Å²) in [6.45, 7) is 4.09. The number of aromatic nitrogens is 4. The summed E-state index contributed by atoms with van der Waals surface area (Å²) in [4.78, 5) is 31.6. The summed E-state index contributed by atoms with van der Waals surface area (Å²) >= 11 is 0. The van der Waals surface area contributed by atoms with Gasteiger partial charge in [-0.05, 0) is 30.7 Å². The third-order valence-electron chi connectivity index (χ3n) is 4.76. The number of pyridine rings is 1. The second kappa shape index (κ2) is 7.35. The van der Waals surface area contributed by atoms with Crippen molar-refractivity contribution in [2.24, 2.45) is 7.05 Å². The number of hydrogen-bond donors (Lipinski definition) is 1. The summed E-state index contributed by atoms with van der Waals surface area (Å²) in [7, 11) is 1.72. The van der Waals surface area contributed by atoms with E-state index in [-0.39, 0.29) is 11.8 Å². The van der Waals surface area contributed by atoms with Crippen LogP contribution in [-0.4, -0.2) is 63.0 Å². The number of hydrogen-bond acceptors (Lipinski definition) is 6. The quantitative estimate of drug-likeness (QED) is 0.737. The van der Waals surface area contributed by atoms with Gasteiger partial charge in [-0.25, -0.2) is 9.67 Å². The van der Waals surface area contributed by atoms with E-state index in [1.165, 1.54) is 4.68 Å². The lowest BCUT2D eigenvalue weighted by Crippen LogP contribution is -2.41. The van der Waals surface area contributed by atoms with Crippen LogP contribution in [0, 0.1) is 6.92 Å². The number of carbonyl (C=O) groups excluding carboxylic acids is 2. The highest BCUT2D eigenvalue weighted by Crippen LogP contribution is 2.20. The zero-order chi connectivity index (χ0) is 19.7. The van der Waals surface area contributed by atoms with Crippen molar-refractivity contribution in [2.45, 2.75) is 6.92 Å². The van der Waals surface area contributed by atoms with Gasteiger partial charge in [0, 0.05) is 37.6 Å². The summed E-state index contributed by atoms with van der Waals surface area (Å²) in [5, 5.41) is 10.8. The molecule has 0 radical (unpaired) electrons. The van der Waals surface area contributed by atoms with Crippen molar-refractivity contribution in [3.8, 4) is 0 Å². The van der Waals surface area contributed by atoms with Crippen LogP contribution in [-0.2, 0) is 11.8 Å². The molecule has 144 valence electrons. The molecule has 0 unspecified atom stereocenters. The Kier molecular flexibility index (Phi) is 4.74. The number of morpholine rings is 1. The zero-order valence-electron chi connectivity index (χ0n) is 15.7. The van der Waals surface area contributed by atoms with Gasteiger partial charge in [0.1, 0.15) is 5.52 Å². The first kappa shape index (κ1) is 18.1. The molecule has 0 atom stereocenters. The topological polar surface area (TPSA) is 102 Å². The Bertz CT molecular complexity index is 1060. The maximum Gasteiger partial charge on any atom is 0.258 e. The fourth-order valence-electron chi connectivity index (χ4n) is 3.18. The van der Waals surface area contributed by atoms with Crippen molar-refractivity contribution in [2.75, 3.05) is 31.6 Å². The lowest BCUT2D eigenvalue weighted by atomic mass is 10.1. The Labute approximate surface area is 161 Å². The van der Waals surface area contributed by atoms with Gasteiger partial charge in [-0.15, -0.1) is 5.10 Å². The molecular formula is C19H20N6O3. The van der Waals surface area contributed by atoms with E-state index in [4.69, 9.17) is 4.74 Å². The molecule has 2 amide bonds. The Balaban J connectivity index is 1.59. The number of benzene rings is 1. The molecule has 9 heteroatoms. The minimum atomic E-state index is -0.332. The molecule has 1 saturated heterocycles. The van der Waals surface area contributed by atoms with Crippen LogP contribution in [0.3, 0.4) is 0 Å². The molecule has 3 heterocycles. The van der Waals surface area contributed by atoms with E-state index < -0.39 is 0 Å². The molecule has 9 nitrogen and oxygen atoms in total. The van der Waals surface area contributed by atoms with E-state index >= 15 is 0 Å². The van der Waals surface area contributed by atoms with Crippen LogP contribution < -0.4 is 5.32 Å². The first-order valence-corrected chi connectivity index (χ1v) is 8.98. The summed E-state index contributed by atoms with van der Waals surface area (Å²) in [5.41, 5.74) is 3.30. The molecule has 1 N–H and O–H groups in total. The maximum atomic E-state index is 12.8. The highest BCUT2D eigenvalue weighted by molar-refractivity contribution is 6.11. The summed E-state index contributed by atoms with van der Waals surface area (Å²) in [6.07, 6.45) is 1.54. The summed E-state index contributed by atoms with van der Waals surface area (Å²) < 4.78 is 6.82. The van der Waals surface area contributed by atoms with E-state index in [0.29, 0.717) is 54.3 Å². The van der Waals surface area contributed by atoms with Crippen molar-refractivity contribution in [3.63, 3.8) is 0 Å². The third-order valence-corrected chi connectivity index (χ3v) is 4.76. The Morgan fingerprint density at radius 2 is 1.93 bits per heavy atom. The van der Waals surface area contributed by atoms with Gasteiger partial charge in [0.25, 0.3) is 11.8 Å². The number of ether oxygens (including phenoxy) is 1. The average Bonchev–Trinajstić information content (AvgIpc) is 3.10. The van der Waals surface area contributed by atoms with E-state index in [9.17, 15) is 9.59 Å². The first-order chi connectivity index (χ1) is 13.5. The number of nitrogens with one attached hydrogen (secondary N) is 1. The van der Waals surface area contributed by atoms with Gasteiger partial charge in [0.05, 0.1) is 18.8 Å². The van der Waals surface area contributed by atoms with Crippen molar-refractivity contribution >= 4 is 28.7 Å². The summed E-state index contributed by atoms with van der Waals surface area (Å²) in [6, 6.07) is 6.91. The van der Waals surface area contributed by atoms with Crippen LogP contribution in [0.4, 0.5) is 5.69 Å². The molecule has 3 aromatic rings. The number of fused-ring (bicyclic) bond motifs is 1. The third kappa shape index (κ3) is 3.31. The predicted molar refractivity (Wildman–Crippen MR) is 102 cm³/mol. The van der Waals surface area contributed by atoms with Gasteiger partial charge in [-0.2, -0.15) is 0 Å². The highest BCUT2D eigenvalue weighted by Gasteiger charge is 2.21. The molecule has 28 heavy (non-hydrogen) atoms. The van der Waals surface area contributed by atoms with Gasteiger partial charge in [-0.3, -0.25) is 9.59 Å². The van der Waals surface area contributed by atoms with Crippen LogP contribution in [0.15, 0.2) is 30.5 Å². The van der Waals surface area contributed by atoms with Crippen LogP contribution in [0.25, 0.3) is 11.2 Å². The SMILES string of the molecule is Cc1ccc(NC(=O)c2ccnc3c2nnn3C)cc1C(=O)N1CCOCC1. The van der Waals surface area contributed by atoms with Crippen molar-refractivity contribution in [3.05, 3.63) is 47.2 Å². The number of nitrogens with zero attached hydrogens (tertiary/aromatic N) is 5. The van der Waals surface area contributed by atoms with E-state index in [2.05, 4.69) is 20.6 Å². The molecule has 0 spiro atoms. The van der Waals surface area contributed by atoms with Crippen molar-refractivity contribution in [1.82, 2.24) is 24.9 Å². The number of anilines is 1. The molecule has 2 aromatic heterocycles. The van der Waals surface area contributed by atoms with E-state index in [1.54, 1.807) is 36.3 Å². The largest absolute Gasteiger partial charge is 0.378 e. The van der Waals surface area contributed by atoms with Gasteiger partial charge in [0.2, 0.25) is 0 Å². The molecule has 1 fully saturated rings. The number of carbonyl (C=O) groups is 2. The van der Waals surface area contributed by atoms with Crippen LogP contribution in [0.5, 0.6) is 0 Å². The number of amides is 2. The smallest absolute Gasteiger partial charge is 0.258 e. The van der Waals surface area contributed by atoms with Gasteiger partial charge < -0.3 is 15.0 Å². The Morgan fingerprint density at radius 3 is 2.71 bits per heavy atom. The minimum Gasteiger partial charge on any atom is -0.378 e. The minimum absolute atomic E-state index is 0.0582. The highest BCUT2D eigenvalue weighted by atomic mass is 16.5.